The predicted molar refractivity (Wildman–Crippen MR) is 77.1 cm³/mol. The van der Waals surface area contributed by atoms with Gasteiger partial charge in [0, 0.05) is 6.04 Å². The summed E-state index contributed by atoms with van der Waals surface area (Å²) in [5.41, 5.74) is 0.713. The SMILES string of the molecule is Cc1nc(C)c(C(=O)NC2CCCCCC2C(=O)O)s1. The average Bonchev–Trinajstić information content (AvgIpc) is 2.60. The molecular formula is C14H20N2O3S. The maximum Gasteiger partial charge on any atom is 0.308 e. The lowest BCUT2D eigenvalue weighted by atomic mass is 9.95. The Kier molecular flexibility index (Phi) is 4.75. The Hall–Kier alpha value is -1.43. The second-order valence-corrected chi connectivity index (χ2v) is 6.51. The quantitative estimate of drug-likeness (QED) is 0.840. The largest absolute Gasteiger partial charge is 0.481 e. The van der Waals surface area contributed by atoms with E-state index >= 15 is 0 Å². The van der Waals surface area contributed by atoms with Gasteiger partial charge in [0.25, 0.3) is 5.91 Å². The summed E-state index contributed by atoms with van der Waals surface area (Å²) in [6, 6.07) is -0.274. The number of carbonyl (C=O) groups excluding carboxylic acids is 1. The number of hydrogen-bond donors (Lipinski definition) is 2. The third-order valence-electron chi connectivity index (χ3n) is 3.76. The minimum Gasteiger partial charge on any atom is -0.481 e. The van der Waals surface area contributed by atoms with Gasteiger partial charge in [0.1, 0.15) is 4.88 Å². The molecular weight excluding hydrogens is 276 g/mol. The lowest BCUT2D eigenvalue weighted by Crippen LogP contribution is -2.42. The van der Waals surface area contributed by atoms with Crippen LogP contribution in [0.1, 0.15) is 52.5 Å². The van der Waals surface area contributed by atoms with Crippen LogP contribution in [0.2, 0.25) is 0 Å². The first kappa shape index (κ1) is 15.0. The highest BCUT2D eigenvalue weighted by Crippen LogP contribution is 2.25. The summed E-state index contributed by atoms with van der Waals surface area (Å²) in [6.45, 7) is 3.67. The Morgan fingerprint density at radius 1 is 1.25 bits per heavy atom. The molecule has 1 aromatic rings. The van der Waals surface area contributed by atoms with E-state index in [9.17, 15) is 14.7 Å². The summed E-state index contributed by atoms with van der Waals surface area (Å²) in [5, 5.41) is 13.1. The summed E-state index contributed by atoms with van der Waals surface area (Å²) < 4.78 is 0. The van der Waals surface area contributed by atoms with E-state index in [1.807, 2.05) is 6.92 Å². The second-order valence-electron chi connectivity index (χ2n) is 5.31. The number of amides is 1. The first-order chi connectivity index (χ1) is 9.49. The Bertz CT molecular complexity index is 513. The molecule has 0 bridgehead atoms. The molecule has 1 aliphatic rings. The first-order valence-corrected chi connectivity index (χ1v) is 7.78. The zero-order valence-corrected chi connectivity index (χ0v) is 12.6. The molecule has 1 aromatic heterocycles. The summed E-state index contributed by atoms with van der Waals surface area (Å²) in [6.07, 6.45) is 4.30. The predicted octanol–water partition coefficient (Wildman–Crippen LogP) is 2.52. The fourth-order valence-electron chi connectivity index (χ4n) is 2.75. The summed E-state index contributed by atoms with van der Waals surface area (Å²) >= 11 is 1.36. The van der Waals surface area contributed by atoms with Crippen molar-refractivity contribution in [3.8, 4) is 0 Å². The van der Waals surface area contributed by atoms with Crippen LogP contribution in [-0.4, -0.2) is 28.0 Å². The van der Waals surface area contributed by atoms with E-state index in [-0.39, 0.29) is 11.9 Å². The topological polar surface area (TPSA) is 79.3 Å². The highest BCUT2D eigenvalue weighted by Gasteiger charge is 2.31. The van der Waals surface area contributed by atoms with Crippen LogP contribution in [0, 0.1) is 19.8 Å². The average molecular weight is 296 g/mol. The second kappa shape index (κ2) is 6.35. The van der Waals surface area contributed by atoms with Gasteiger partial charge in [-0.2, -0.15) is 0 Å². The van der Waals surface area contributed by atoms with Crippen LogP contribution in [0.3, 0.4) is 0 Å². The molecule has 2 N–H and O–H groups in total. The zero-order chi connectivity index (χ0) is 14.7. The molecule has 0 saturated heterocycles. The van der Waals surface area contributed by atoms with Crippen LogP contribution in [0.5, 0.6) is 0 Å². The molecule has 1 fully saturated rings. The highest BCUT2D eigenvalue weighted by molar-refractivity contribution is 7.13. The van der Waals surface area contributed by atoms with Crippen LogP contribution >= 0.6 is 11.3 Å². The highest BCUT2D eigenvalue weighted by atomic mass is 32.1. The molecule has 1 aliphatic carbocycles. The summed E-state index contributed by atoms with van der Waals surface area (Å²) in [4.78, 5) is 28.5. The number of rotatable bonds is 3. The van der Waals surface area contributed by atoms with Crippen LogP contribution in [-0.2, 0) is 4.79 Å². The van der Waals surface area contributed by atoms with Crippen molar-refractivity contribution < 1.29 is 14.7 Å². The van der Waals surface area contributed by atoms with E-state index in [1.165, 1.54) is 11.3 Å². The number of aryl methyl sites for hydroxylation is 2. The van der Waals surface area contributed by atoms with E-state index in [4.69, 9.17) is 0 Å². The fourth-order valence-corrected chi connectivity index (χ4v) is 3.57. The van der Waals surface area contributed by atoms with Gasteiger partial charge in [0.15, 0.2) is 0 Å². The van der Waals surface area contributed by atoms with Gasteiger partial charge in [-0.15, -0.1) is 11.3 Å². The Balaban J connectivity index is 2.11. The third-order valence-corrected chi connectivity index (χ3v) is 4.83. The van der Waals surface area contributed by atoms with Crippen molar-refractivity contribution >= 4 is 23.2 Å². The summed E-state index contributed by atoms with van der Waals surface area (Å²) in [7, 11) is 0. The number of aliphatic carboxylic acids is 1. The van der Waals surface area contributed by atoms with Crippen LogP contribution in [0.15, 0.2) is 0 Å². The lowest BCUT2D eigenvalue weighted by molar-refractivity contribution is -0.142. The summed E-state index contributed by atoms with van der Waals surface area (Å²) in [5.74, 6) is -1.48. The normalized spacial score (nSPS) is 23.1. The van der Waals surface area contributed by atoms with E-state index in [1.54, 1.807) is 6.92 Å². The van der Waals surface area contributed by atoms with Crippen molar-refractivity contribution in [2.75, 3.05) is 0 Å². The monoisotopic (exact) mass is 296 g/mol. The van der Waals surface area contributed by atoms with Gasteiger partial charge >= 0.3 is 5.97 Å². The molecule has 0 radical (unpaired) electrons. The molecule has 110 valence electrons. The van der Waals surface area contributed by atoms with Crippen molar-refractivity contribution in [3.05, 3.63) is 15.6 Å². The Labute approximate surface area is 122 Å². The number of aromatic nitrogens is 1. The van der Waals surface area contributed by atoms with Crippen LogP contribution in [0.4, 0.5) is 0 Å². The van der Waals surface area contributed by atoms with E-state index in [0.717, 1.165) is 30.7 Å². The maximum atomic E-state index is 12.3. The van der Waals surface area contributed by atoms with Gasteiger partial charge in [-0.25, -0.2) is 4.98 Å². The molecule has 1 saturated carbocycles. The standard InChI is InChI=1S/C14H20N2O3S/c1-8-12(20-9(2)15-8)13(17)16-11-7-5-3-4-6-10(11)14(18)19/h10-11H,3-7H2,1-2H3,(H,16,17)(H,18,19). The maximum absolute atomic E-state index is 12.3. The Morgan fingerprint density at radius 3 is 2.55 bits per heavy atom. The van der Waals surface area contributed by atoms with Gasteiger partial charge in [0.2, 0.25) is 0 Å². The number of carboxylic acids is 1. The van der Waals surface area contributed by atoms with Crippen LogP contribution in [0.25, 0.3) is 0 Å². The minimum atomic E-state index is -0.811. The minimum absolute atomic E-state index is 0.189. The molecule has 1 heterocycles. The Morgan fingerprint density at radius 2 is 1.95 bits per heavy atom. The molecule has 6 heteroatoms. The smallest absolute Gasteiger partial charge is 0.308 e. The van der Waals surface area contributed by atoms with Crippen molar-refractivity contribution in [2.24, 2.45) is 5.92 Å². The molecule has 0 aromatic carbocycles. The van der Waals surface area contributed by atoms with Crippen molar-refractivity contribution in [2.45, 2.75) is 52.0 Å². The van der Waals surface area contributed by atoms with Gasteiger partial charge < -0.3 is 10.4 Å². The van der Waals surface area contributed by atoms with E-state index in [2.05, 4.69) is 10.3 Å². The van der Waals surface area contributed by atoms with Crippen LogP contribution < -0.4 is 5.32 Å². The molecule has 5 nitrogen and oxygen atoms in total. The fraction of sp³-hybridized carbons (Fsp3) is 0.643. The molecule has 20 heavy (non-hydrogen) atoms. The third kappa shape index (κ3) is 3.36. The molecule has 0 spiro atoms. The van der Waals surface area contributed by atoms with Crippen molar-refractivity contribution in [1.29, 1.82) is 0 Å². The molecule has 1 amide bonds. The number of hydrogen-bond acceptors (Lipinski definition) is 4. The zero-order valence-electron chi connectivity index (χ0n) is 11.8. The molecule has 2 unspecified atom stereocenters. The van der Waals surface area contributed by atoms with Crippen molar-refractivity contribution in [1.82, 2.24) is 10.3 Å². The van der Waals surface area contributed by atoms with E-state index in [0.29, 0.717) is 17.0 Å². The van der Waals surface area contributed by atoms with Gasteiger partial charge in [-0.05, 0) is 26.7 Å². The molecule has 2 rings (SSSR count). The number of nitrogens with one attached hydrogen (secondary N) is 1. The van der Waals surface area contributed by atoms with Crippen molar-refractivity contribution in [3.63, 3.8) is 0 Å². The molecule has 2 atom stereocenters. The van der Waals surface area contributed by atoms with E-state index < -0.39 is 11.9 Å². The van der Waals surface area contributed by atoms with Gasteiger partial charge in [0.05, 0.1) is 16.6 Å². The number of nitrogens with zero attached hydrogens (tertiary/aromatic N) is 1. The molecule has 0 aliphatic heterocycles. The van der Waals surface area contributed by atoms with Gasteiger partial charge in [-0.3, -0.25) is 9.59 Å². The first-order valence-electron chi connectivity index (χ1n) is 6.96. The number of carboxylic acid groups (broad SMARTS) is 1. The number of carbonyl (C=O) groups is 2. The number of thiazole rings is 1. The van der Waals surface area contributed by atoms with Gasteiger partial charge in [-0.1, -0.05) is 19.3 Å². The lowest BCUT2D eigenvalue weighted by Gasteiger charge is -2.22.